The molecule has 1 amide bonds. The van der Waals surface area contributed by atoms with E-state index < -0.39 is 11.4 Å². The Hall–Kier alpha value is -3.83. The van der Waals surface area contributed by atoms with Crippen molar-refractivity contribution in [1.29, 1.82) is 0 Å². The number of halogens is 1. The molecule has 2 N–H and O–H groups in total. The molecule has 0 unspecified atom stereocenters. The molecule has 0 atom stereocenters. The molecule has 0 spiro atoms. The van der Waals surface area contributed by atoms with E-state index in [9.17, 15) is 14.3 Å². The Labute approximate surface area is 251 Å². The maximum absolute atomic E-state index is 14.5. The number of ether oxygens (including phenoxy) is 2. The third-order valence-electron chi connectivity index (χ3n) is 8.56. The van der Waals surface area contributed by atoms with Gasteiger partial charge >= 0.3 is 0 Å². The topological polar surface area (TPSA) is 113 Å². The van der Waals surface area contributed by atoms with Gasteiger partial charge in [0.05, 0.1) is 17.4 Å². The second kappa shape index (κ2) is 12.0. The van der Waals surface area contributed by atoms with E-state index in [1.807, 2.05) is 26.1 Å². The molecule has 1 aromatic carbocycles. The molecular weight excluding hydrogens is 551 g/mol. The number of amides is 1. The van der Waals surface area contributed by atoms with Crippen LogP contribution in [-0.2, 0) is 13.0 Å². The van der Waals surface area contributed by atoms with Crippen molar-refractivity contribution in [3.05, 3.63) is 65.6 Å². The number of aliphatic hydroxyl groups is 1. The first-order valence-electron chi connectivity index (χ1n) is 15.1. The first-order chi connectivity index (χ1) is 20.7. The summed E-state index contributed by atoms with van der Waals surface area (Å²) in [5, 5.41) is 13.7. The van der Waals surface area contributed by atoms with Gasteiger partial charge in [0.1, 0.15) is 29.7 Å². The lowest BCUT2D eigenvalue weighted by atomic mass is 9.76. The summed E-state index contributed by atoms with van der Waals surface area (Å²) in [5.41, 5.74) is 1.57. The first kappa shape index (κ1) is 29.3. The van der Waals surface area contributed by atoms with Crippen LogP contribution in [0.4, 0.5) is 10.2 Å². The summed E-state index contributed by atoms with van der Waals surface area (Å²) >= 11 is 0. The lowest BCUT2D eigenvalue weighted by molar-refractivity contribution is -0.0750. The summed E-state index contributed by atoms with van der Waals surface area (Å²) in [4.78, 5) is 30.8. The highest BCUT2D eigenvalue weighted by atomic mass is 19.1. The third-order valence-corrected chi connectivity index (χ3v) is 8.56. The Kier molecular flexibility index (Phi) is 8.19. The van der Waals surface area contributed by atoms with Gasteiger partial charge in [0.15, 0.2) is 11.6 Å². The predicted molar refractivity (Wildman–Crippen MR) is 159 cm³/mol. The number of carbonyl (C=O) groups excluding carboxylic acids is 1. The number of nitrogens with zero attached hydrogens (tertiary/aromatic N) is 5. The van der Waals surface area contributed by atoms with Crippen molar-refractivity contribution < 1.29 is 23.8 Å². The van der Waals surface area contributed by atoms with Crippen LogP contribution < -0.4 is 19.7 Å². The Morgan fingerprint density at radius 3 is 2.70 bits per heavy atom. The number of piperidine rings is 1. The van der Waals surface area contributed by atoms with E-state index in [0.717, 1.165) is 49.4 Å². The van der Waals surface area contributed by atoms with Gasteiger partial charge in [-0.3, -0.25) is 9.78 Å². The van der Waals surface area contributed by atoms with Gasteiger partial charge in [-0.15, -0.1) is 0 Å². The minimum Gasteiger partial charge on any atom is -0.490 e. The molecule has 0 bridgehead atoms. The second-order valence-electron chi connectivity index (χ2n) is 12.3. The zero-order valence-corrected chi connectivity index (χ0v) is 24.9. The van der Waals surface area contributed by atoms with Crippen LogP contribution >= 0.6 is 0 Å². The molecule has 0 radical (unpaired) electrons. The SMILES string of the molecule is CC(C)N(C(=O)c1cc(F)ccc1Oc1cncnc1N1CCC(Oc2ccnc3c2CNCC3)CC1)C1CC(C)(O)C1. The van der Waals surface area contributed by atoms with Crippen LogP contribution in [-0.4, -0.2) is 74.3 Å². The second-order valence-corrected chi connectivity index (χ2v) is 12.3. The summed E-state index contributed by atoms with van der Waals surface area (Å²) in [6.07, 6.45) is 8.36. The molecule has 11 heteroatoms. The van der Waals surface area contributed by atoms with Gasteiger partial charge in [-0.2, -0.15) is 0 Å². The van der Waals surface area contributed by atoms with Crippen LogP contribution in [0.3, 0.4) is 0 Å². The van der Waals surface area contributed by atoms with Crippen molar-refractivity contribution in [2.24, 2.45) is 0 Å². The molecule has 10 nitrogen and oxygen atoms in total. The molecular formula is C32H39FN6O4. The first-order valence-corrected chi connectivity index (χ1v) is 15.1. The fraction of sp³-hybridized carbons (Fsp3) is 0.500. The Morgan fingerprint density at radius 2 is 1.95 bits per heavy atom. The van der Waals surface area contributed by atoms with Crippen molar-refractivity contribution in [2.45, 2.75) is 83.2 Å². The highest BCUT2D eigenvalue weighted by molar-refractivity contribution is 5.97. The van der Waals surface area contributed by atoms with Gasteiger partial charge in [-0.1, -0.05) is 0 Å². The number of carbonyl (C=O) groups is 1. The third kappa shape index (κ3) is 6.28. The van der Waals surface area contributed by atoms with Crippen LogP contribution in [0.5, 0.6) is 17.2 Å². The fourth-order valence-electron chi connectivity index (χ4n) is 6.43. The number of hydrogen-bond acceptors (Lipinski definition) is 9. The molecule has 1 aliphatic carbocycles. The molecule has 228 valence electrons. The van der Waals surface area contributed by atoms with E-state index in [1.165, 1.54) is 24.5 Å². The molecule has 6 rings (SSSR count). The zero-order chi connectivity index (χ0) is 30.1. The number of pyridine rings is 1. The fourth-order valence-corrected chi connectivity index (χ4v) is 6.43. The number of anilines is 1. The summed E-state index contributed by atoms with van der Waals surface area (Å²) < 4.78 is 27.2. The number of benzene rings is 1. The number of aromatic nitrogens is 3. The summed E-state index contributed by atoms with van der Waals surface area (Å²) in [7, 11) is 0. The number of hydrogen-bond donors (Lipinski definition) is 2. The van der Waals surface area contributed by atoms with Gasteiger partial charge in [-0.25, -0.2) is 14.4 Å². The van der Waals surface area contributed by atoms with Gasteiger partial charge in [0, 0.05) is 75.0 Å². The van der Waals surface area contributed by atoms with Crippen molar-refractivity contribution in [3.8, 4) is 17.2 Å². The van der Waals surface area contributed by atoms with E-state index >= 15 is 0 Å². The highest BCUT2D eigenvalue weighted by Crippen LogP contribution is 2.39. The molecule has 43 heavy (non-hydrogen) atoms. The summed E-state index contributed by atoms with van der Waals surface area (Å²) in [6.45, 7) is 8.69. The molecule has 1 saturated heterocycles. The van der Waals surface area contributed by atoms with Crippen LogP contribution in [0.1, 0.15) is 68.1 Å². The molecule has 3 aliphatic rings. The Bertz CT molecular complexity index is 1470. The summed E-state index contributed by atoms with van der Waals surface area (Å²) in [5.74, 6) is 1.26. The van der Waals surface area contributed by atoms with Crippen LogP contribution in [0.25, 0.3) is 0 Å². The minimum absolute atomic E-state index is 0.0616. The van der Waals surface area contributed by atoms with Crippen LogP contribution in [0.15, 0.2) is 43.0 Å². The van der Waals surface area contributed by atoms with Crippen molar-refractivity contribution >= 4 is 11.7 Å². The average Bonchev–Trinajstić information content (AvgIpc) is 2.98. The van der Waals surface area contributed by atoms with Gasteiger partial charge in [0.2, 0.25) is 0 Å². The molecule has 3 aromatic rings. The Morgan fingerprint density at radius 1 is 1.16 bits per heavy atom. The molecule has 2 fully saturated rings. The zero-order valence-electron chi connectivity index (χ0n) is 24.9. The largest absolute Gasteiger partial charge is 0.490 e. The molecule has 2 aliphatic heterocycles. The van der Waals surface area contributed by atoms with Crippen molar-refractivity contribution in [3.63, 3.8) is 0 Å². The maximum Gasteiger partial charge on any atom is 0.258 e. The van der Waals surface area contributed by atoms with Gasteiger partial charge < -0.3 is 29.7 Å². The normalized spacial score (nSPS) is 22.1. The lowest BCUT2D eigenvalue weighted by Crippen LogP contribution is -2.57. The Balaban J connectivity index is 1.17. The summed E-state index contributed by atoms with van der Waals surface area (Å²) in [6, 6.07) is 5.64. The van der Waals surface area contributed by atoms with Crippen LogP contribution in [0.2, 0.25) is 0 Å². The quantitative estimate of drug-likeness (QED) is 0.397. The predicted octanol–water partition coefficient (Wildman–Crippen LogP) is 4.26. The molecule has 1 saturated carbocycles. The van der Waals surface area contributed by atoms with E-state index in [2.05, 4.69) is 25.2 Å². The number of nitrogens with one attached hydrogen (secondary N) is 1. The number of fused-ring (bicyclic) bond motifs is 1. The molecule has 4 heterocycles. The maximum atomic E-state index is 14.5. The van der Waals surface area contributed by atoms with E-state index in [1.54, 1.807) is 18.0 Å². The van der Waals surface area contributed by atoms with Gasteiger partial charge in [0.25, 0.3) is 5.91 Å². The van der Waals surface area contributed by atoms with E-state index in [4.69, 9.17) is 9.47 Å². The van der Waals surface area contributed by atoms with E-state index in [-0.39, 0.29) is 35.4 Å². The standard InChI is InChI=1S/C32H39FN6O4/c1-20(2)39(22-15-32(3,41)16-22)31(40)24-14-21(33)4-5-27(24)43-29-18-35-19-37-30(29)38-12-8-23(9-13-38)42-28-7-11-36-26-6-10-34-17-25(26)28/h4-5,7,11,14,18-20,22-23,34,41H,6,8-10,12-13,15-17H2,1-3H3. The van der Waals surface area contributed by atoms with Crippen molar-refractivity contribution in [1.82, 2.24) is 25.2 Å². The molecule has 2 aromatic heterocycles. The average molecular weight is 591 g/mol. The monoisotopic (exact) mass is 590 g/mol. The van der Waals surface area contributed by atoms with Crippen LogP contribution in [0, 0.1) is 5.82 Å². The van der Waals surface area contributed by atoms with Crippen molar-refractivity contribution in [2.75, 3.05) is 24.5 Å². The van der Waals surface area contributed by atoms with Gasteiger partial charge in [-0.05, 0) is 57.9 Å². The lowest BCUT2D eigenvalue weighted by Gasteiger charge is -2.48. The minimum atomic E-state index is -0.803. The number of rotatable bonds is 8. The van der Waals surface area contributed by atoms with E-state index in [0.29, 0.717) is 37.5 Å². The smallest absolute Gasteiger partial charge is 0.258 e. The highest BCUT2D eigenvalue weighted by Gasteiger charge is 2.44.